The highest BCUT2D eigenvalue weighted by molar-refractivity contribution is 6.32. The summed E-state index contributed by atoms with van der Waals surface area (Å²) in [7, 11) is 0. The van der Waals surface area contributed by atoms with Gasteiger partial charge < -0.3 is 14.8 Å². The molecule has 128 valence electrons. The maximum atomic E-state index is 13.6. The third-order valence-electron chi connectivity index (χ3n) is 3.89. The van der Waals surface area contributed by atoms with Crippen LogP contribution < -0.4 is 14.8 Å². The van der Waals surface area contributed by atoms with Gasteiger partial charge in [-0.25, -0.2) is 8.78 Å². The van der Waals surface area contributed by atoms with Crippen LogP contribution in [0.4, 0.5) is 8.78 Å². The van der Waals surface area contributed by atoms with E-state index in [-0.39, 0.29) is 16.5 Å². The van der Waals surface area contributed by atoms with Gasteiger partial charge in [0.1, 0.15) is 17.4 Å². The van der Waals surface area contributed by atoms with Crippen LogP contribution in [0.5, 0.6) is 17.2 Å². The van der Waals surface area contributed by atoms with Gasteiger partial charge in [0.2, 0.25) is 0 Å². The summed E-state index contributed by atoms with van der Waals surface area (Å²) in [4.78, 5) is 0. The first kappa shape index (κ1) is 17.0. The second-order valence-electron chi connectivity index (χ2n) is 5.79. The Hall–Kier alpha value is -1.85. The van der Waals surface area contributed by atoms with Crippen LogP contribution in [0, 0.1) is 17.6 Å². The smallest absolute Gasteiger partial charge is 0.172 e. The fourth-order valence-electron chi connectivity index (χ4n) is 2.63. The maximum Gasteiger partial charge on any atom is 0.172 e. The van der Waals surface area contributed by atoms with Crippen LogP contribution in [0.15, 0.2) is 36.4 Å². The molecule has 0 spiro atoms. The van der Waals surface area contributed by atoms with Gasteiger partial charge in [-0.05, 0) is 49.7 Å². The molecule has 1 aliphatic rings. The van der Waals surface area contributed by atoms with Gasteiger partial charge in [0.25, 0.3) is 0 Å². The first-order valence-electron chi connectivity index (χ1n) is 7.88. The van der Waals surface area contributed by atoms with Crippen LogP contribution in [0.2, 0.25) is 5.02 Å². The third kappa shape index (κ3) is 4.36. The fourth-order valence-corrected chi connectivity index (χ4v) is 2.84. The summed E-state index contributed by atoms with van der Waals surface area (Å²) in [6.07, 6.45) is 2.21. The van der Waals surface area contributed by atoms with Crippen molar-refractivity contribution in [2.45, 2.75) is 12.8 Å². The molecule has 2 aromatic rings. The van der Waals surface area contributed by atoms with Gasteiger partial charge in [-0.15, -0.1) is 0 Å². The number of halogens is 3. The molecule has 6 heteroatoms. The molecular weight excluding hydrogens is 336 g/mol. The number of nitrogens with one attached hydrogen (secondary N) is 1. The van der Waals surface area contributed by atoms with E-state index in [0.29, 0.717) is 18.3 Å². The van der Waals surface area contributed by atoms with Gasteiger partial charge in [-0.2, -0.15) is 0 Å². The third-order valence-corrected chi connectivity index (χ3v) is 4.19. The van der Waals surface area contributed by atoms with Crippen molar-refractivity contribution in [2.75, 3.05) is 19.7 Å². The molecule has 1 aliphatic heterocycles. The van der Waals surface area contributed by atoms with Crippen molar-refractivity contribution in [1.29, 1.82) is 0 Å². The Morgan fingerprint density at radius 2 is 1.79 bits per heavy atom. The standard InChI is InChI=1S/C18H18ClF2NO2/c19-15-8-13(20)3-5-16(15)24-18-9-14(21)4-6-17(18)23-11-12-2-1-7-22-10-12/h3-6,8-9,12,22H,1-2,7,10-11H2. The van der Waals surface area contributed by atoms with Crippen molar-refractivity contribution in [3.8, 4) is 17.2 Å². The molecule has 0 amide bonds. The lowest BCUT2D eigenvalue weighted by molar-refractivity contribution is 0.213. The molecule has 1 saturated heterocycles. The van der Waals surface area contributed by atoms with Crippen LogP contribution in [-0.4, -0.2) is 19.7 Å². The molecule has 0 bridgehead atoms. The molecule has 1 N–H and O–H groups in total. The molecule has 3 rings (SSSR count). The number of benzene rings is 2. The van der Waals surface area contributed by atoms with Crippen molar-refractivity contribution in [3.63, 3.8) is 0 Å². The molecular formula is C18H18ClF2NO2. The average molecular weight is 354 g/mol. The lowest BCUT2D eigenvalue weighted by Crippen LogP contribution is -2.33. The highest BCUT2D eigenvalue weighted by atomic mass is 35.5. The zero-order valence-electron chi connectivity index (χ0n) is 13.0. The maximum absolute atomic E-state index is 13.6. The Morgan fingerprint density at radius 1 is 1.04 bits per heavy atom. The summed E-state index contributed by atoms with van der Waals surface area (Å²) in [6.45, 7) is 2.46. The number of hydrogen-bond acceptors (Lipinski definition) is 3. The fraction of sp³-hybridized carbons (Fsp3) is 0.333. The van der Waals surface area contributed by atoms with Gasteiger partial charge >= 0.3 is 0 Å². The lowest BCUT2D eigenvalue weighted by atomic mass is 10.0. The van der Waals surface area contributed by atoms with Crippen molar-refractivity contribution in [2.24, 2.45) is 5.92 Å². The van der Waals surface area contributed by atoms with Gasteiger partial charge in [0, 0.05) is 18.5 Å². The topological polar surface area (TPSA) is 30.5 Å². The van der Waals surface area contributed by atoms with E-state index in [1.54, 1.807) is 0 Å². The zero-order valence-corrected chi connectivity index (χ0v) is 13.8. The van der Waals surface area contributed by atoms with E-state index in [1.165, 1.54) is 30.3 Å². The van der Waals surface area contributed by atoms with Crippen LogP contribution in [-0.2, 0) is 0 Å². The SMILES string of the molecule is Fc1ccc(Oc2cc(F)ccc2OCC2CCCNC2)c(Cl)c1. The summed E-state index contributed by atoms with van der Waals surface area (Å²) in [5, 5.41) is 3.44. The minimum absolute atomic E-state index is 0.113. The number of hydrogen-bond donors (Lipinski definition) is 1. The summed E-state index contributed by atoms with van der Waals surface area (Å²) < 4.78 is 38.2. The Kier molecular flexibility index (Phi) is 5.53. The van der Waals surface area contributed by atoms with Crippen LogP contribution in [0.25, 0.3) is 0 Å². The van der Waals surface area contributed by atoms with E-state index in [1.807, 2.05) is 0 Å². The highest BCUT2D eigenvalue weighted by Gasteiger charge is 2.16. The van der Waals surface area contributed by atoms with Crippen molar-refractivity contribution < 1.29 is 18.3 Å². The molecule has 0 aromatic heterocycles. The summed E-state index contributed by atoms with van der Waals surface area (Å²) in [6, 6.07) is 7.84. The Bertz CT molecular complexity index is 705. The first-order chi connectivity index (χ1) is 11.6. The first-order valence-corrected chi connectivity index (χ1v) is 8.25. The van der Waals surface area contributed by atoms with E-state index in [0.717, 1.165) is 32.0 Å². The predicted molar refractivity (Wildman–Crippen MR) is 89.0 cm³/mol. The monoisotopic (exact) mass is 353 g/mol. The lowest BCUT2D eigenvalue weighted by Gasteiger charge is -2.23. The predicted octanol–water partition coefficient (Wildman–Crippen LogP) is 4.79. The van der Waals surface area contributed by atoms with E-state index in [9.17, 15) is 8.78 Å². The summed E-state index contributed by atoms with van der Waals surface area (Å²) in [5.74, 6) is 0.385. The van der Waals surface area contributed by atoms with Gasteiger partial charge in [-0.3, -0.25) is 0 Å². The summed E-state index contributed by atoms with van der Waals surface area (Å²) >= 11 is 5.96. The molecule has 1 fully saturated rings. The molecule has 2 aromatic carbocycles. The van der Waals surface area contributed by atoms with Crippen molar-refractivity contribution in [1.82, 2.24) is 5.32 Å². The van der Waals surface area contributed by atoms with Crippen molar-refractivity contribution in [3.05, 3.63) is 53.1 Å². The number of ether oxygens (including phenoxy) is 2. The Labute approximate surface area is 144 Å². The van der Waals surface area contributed by atoms with Crippen molar-refractivity contribution >= 4 is 11.6 Å². The molecule has 3 nitrogen and oxygen atoms in total. The van der Waals surface area contributed by atoms with E-state index in [2.05, 4.69) is 5.32 Å². The zero-order chi connectivity index (χ0) is 16.9. The van der Waals surface area contributed by atoms with E-state index in [4.69, 9.17) is 21.1 Å². The van der Waals surface area contributed by atoms with Crippen LogP contribution in [0.1, 0.15) is 12.8 Å². The molecule has 1 heterocycles. The molecule has 24 heavy (non-hydrogen) atoms. The average Bonchev–Trinajstić information content (AvgIpc) is 2.57. The van der Waals surface area contributed by atoms with Crippen LogP contribution in [0.3, 0.4) is 0 Å². The van der Waals surface area contributed by atoms with Gasteiger partial charge in [0.15, 0.2) is 11.5 Å². The second-order valence-corrected chi connectivity index (χ2v) is 6.20. The Morgan fingerprint density at radius 3 is 2.50 bits per heavy atom. The molecule has 1 unspecified atom stereocenters. The summed E-state index contributed by atoms with van der Waals surface area (Å²) in [5.41, 5.74) is 0. The molecule has 0 radical (unpaired) electrons. The minimum Gasteiger partial charge on any atom is -0.489 e. The quantitative estimate of drug-likeness (QED) is 0.838. The second kappa shape index (κ2) is 7.81. The largest absolute Gasteiger partial charge is 0.489 e. The van der Waals surface area contributed by atoms with Gasteiger partial charge in [-0.1, -0.05) is 11.6 Å². The van der Waals surface area contributed by atoms with Gasteiger partial charge in [0.05, 0.1) is 11.6 Å². The normalized spacial score (nSPS) is 17.5. The molecule has 1 atom stereocenters. The minimum atomic E-state index is -0.465. The number of piperidine rings is 1. The van der Waals surface area contributed by atoms with E-state index < -0.39 is 11.6 Å². The van der Waals surface area contributed by atoms with E-state index >= 15 is 0 Å². The molecule has 0 saturated carbocycles. The highest BCUT2D eigenvalue weighted by Crippen LogP contribution is 2.36. The Balaban J connectivity index is 1.74. The number of rotatable bonds is 5. The van der Waals surface area contributed by atoms with Crippen LogP contribution >= 0.6 is 11.6 Å². The molecule has 0 aliphatic carbocycles.